The van der Waals surface area contributed by atoms with E-state index in [1.54, 1.807) is 12.3 Å². The highest BCUT2D eigenvalue weighted by Crippen LogP contribution is 2.25. The van der Waals surface area contributed by atoms with Gasteiger partial charge in [0.25, 0.3) is 0 Å². The normalized spacial score (nSPS) is 15.3. The molecule has 160 valence electrons. The summed E-state index contributed by atoms with van der Waals surface area (Å²) < 4.78 is 30.4. The lowest BCUT2D eigenvalue weighted by Gasteiger charge is -2.23. The summed E-state index contributed by atoms with van der Waals surface area (Å²) in [6.07, 6.45) is 3.95. The van der Waals surface area contributed by atoms with Crippen LogP contribution in [0.1, 0.15) is 25.8 Å². The summed E-state index contributed by atoms with van der Waals surface area (Å²) in [4.78, 5) is 8.93. The van der Waals surface area contributed by atoms with E-state index in [9.17, 15) is 8.76 Å². The smallest absolute Gasteiger partial charge is 0.227 e. The monoisotopic (exact) mass is 428 g/mol. The Hall–Kier alpha value is -2.75. The third-order valence-electron chi connectivity index (χ3n) is 4.83. The molecule has 3 N–H and O–H groups in total. The van der Waals surface area contributed by atoms with Crippen molar-refractivity contribution in [2.45, 2.75) is 33.3 Å². The molecule has 1 saturated heterocycles. The molecule has 1 unspecified atom stereocenters. The predicted octanol–water partition coefficient (Wildman–Crippen LogP) is 3.65. The molecule has 1 aliphatic heterocycles. The Morgan fingerprint density at radius 1 is 1.20 bits per heavy atom. The number of rotatable bonds is 6. The quantitative estimate of drug-likeness (QED) is 0.514. The number of hydrogen-bond acceptors (Lipinski definition) is 7. The molecule has 1 fully saturated rings. The summed E-state index contributed by atoms with van der Waals surface area (Å²) in [5.74, 6) is 1.23. The lowest BCUT2D eigenvalue weighted by atomic mass is 10.1. The highest BCUT2D eigenvalue weighted by molar-refractivity contribution is 7.80. The molecule has 4 rings (SSSR count). The number of nitrogens with zero attached hydrogens (tertiary/aromatic N) is 2. The minimum atomic E-state index is -2.38. The Balaban J connectivity index is 0.00000256. The Bertz CT molecular complexity index is 1040. The number of piperidine rings is 1. The van der Waals surface area contributed by atoms with Gasteiger partial charge < -0.3 is 24.6 Å². The fourth-order valence-electron chi connectivity index (χ4n) is 3.27. The van der Waals surface area contributed by atoms with E-state index in [4.69, 9.17) is 4.74 Å². The topological polar surface area (TPSA) is 111 Å². The zero-order valence-electron chi connectivity index (χ0n) is 16.0. The van der Waals surface area contributed by atoms with Gasteiger partial charge in [0.05, 0.1) is 11.2 Å². The summed E-state index contributed by atoms with van der Waals surface area (Å²) in [6.45, 7) is 3.78. The van der Waals surface area contributed by atoms with E-state index < -0.39 is 11.3 Å². The van der Waals surface area contributed by atoms with Crippen LogP contribution in [0, 0.1) is 6.92 Å². The summed E-state index contributed by atoms with van der Waals surface area (Å²) in [7, 11) is 0. The molecule has 9 heteroatoms. The molecule has 1 atom stereocenters. The van der Waals surface area contributed by atoms with Gasteiger partial charge in [-0.3, -0.25) is 4.21 Å². The molecule has 0 bridgehead atoms. The number of hydrogen-bond donors (Lipinski definition) is 3. The molecule has 1 aliphatic rings. The molecule has 0 spiro atoms. The molecule has 3 aromatic rings. The minimum absolute atomic E-state index is 0. The van der Waals surface area contributed by atoms with E-state index in [0.717, 1.165) is 48.1 Å². The van der Waals surface area contributed by atoms with Crippen molar-refractivity contribution in [2.24, 2.45) is 0 Å². The molecular formula is C21H26N5O3S-. The molecule has 1 aromatic heterocycles. The second kappa shape index (κ2) is 9.84. The largest absolute Gasteiger partial charge is 0.755 e. The first kappa shape index (κ1) is 21.9. The van der Waals surface area contributed by atoms with E-state index in [-0.39, 0.29) is 13.5 Å². The fraction of sp³-hybridized carbons (Fsp3) is 0.333. The van der Waals surface area contributed by atoms with Crippen LogP contribution >= 0.6 is 0 Å². The number of aryl methyl sites for hydroxylation is 1. The third kappa shape index (κ3) is 5.44. The summed E-state index contributed by atoms with van der Waals surface area (Å²) in [5, 5.41) is 7.37. The minimum Gasteiger partial charge on any atom is -0.755 e. The van der Waals surface area contributed by atoms with Gasteiger partial charge in [-0.25, -0.2) is 9.97 Å². The van der Waals surface area contributed by atoms with Crippen LogP contribution in [0.5, 0.6) is 5.75 Å². The van der Waals surface area contributed by atoms with Gasteiger partial charge in [0.15, 0.2) is 0 Å². The van der Waals surface area contributed by atoms with Gasteiger partial charge in [0.2, 0.25) is 5.95 Å². The number of aromatic nitrogens is 2. The zero-order valence-corrected chi connectivity index (χ0v) is 16.8. The molecule has 2 heterocycles. The zero-order chi connectivity index (χ0) is 20.2. The SMILES string of the molecule is C.Cc1ccc(Nc2ncc3ccc(OC4CCNCC4)cc3n2)cc1NS(=O)[O-]. The van der Waals surface area contributed by atoms with Gasteiger partial charge in [-0.15, -0.1) is 0 Å². The first-order valence-electron chi connectivity index (χ1n) is 9.44. The van der Waals surface area contributed by atoms with Gasteiger partial charge in [0, 0.05) is 34.6 Å². The van der Waals surface area contributed by atoms with Gasteiger partial charge in [-0.2, -0.15) is 0 Å². The van der Waals surface area contributed by atoms with Crippen LogP contribution in [0.4, 0.5) is 17.3 Å². The van der Waals surface area contributed by atoms with E-state index in [1.807, 2.05) is 37.3 Å². The van der Waals surface area contributed by atoms with Crippen LogP contribution in [-0.4, -0.2) is 37.9 Å². The highest BCUT2D eigenvalue weighted by atomic mass is 32.2. The third-order valence-corrected chi connectivity index (χ3v) is 5.22. The van der Waals surface area contributed by atoms with Crippen molar-refractivity contribution < 1.29 is 13.5 Å². The number of nitrogens with one attached hydrogen (secondary N) is 3. The van der Waals surface area contributed by atoms with E-state index >= 15 is 0 Å². The Morgan fingerprint density at radius 3 is 2.77 bits per heavy atom. The summed E-state index contributed by atoms with van der Waals surface area (Å²) in [5.41, 5.74) is 2.78. The van der Waals surface area contributed by atoms with Crippen LogP contribution in [0.3, 0.4) is 0 Å². The van der Waals surface area contributed by atoms with Crippen molar-refractivity contribution in [1.82, 2.24) is 15.3 Å². The Kier molecular flexibility index (Phi) is 7.20. The van der Waals surface area contributed by atoms with E-state index in [1.165, 1.54) is 0 Å². The number of ether oxygens (including phenoxy) is 1. The Morgan fingerprint density at radius 2 is 2.00 bits per heavy atom. The molecule has 2 aromatic carbocycles. The van der Waals surface area contributed by atoms with Crippen molar-refractivity contribution in [3.05, 3.63) is 48.2 Å². The highest BCUT2D eigenvalue weighted by Gasteiger charge is 2.14. The molecule has 0 saturated carbocycles. The number of anilines is 3. The molecule has 8 nitrogen and oxygen atoms in total. The van der Waals surface area contributed by atoms with Crippen LogP contribution < -0.4 is 20.1 Å². The van der Waals surface area contributed by atoms with Crippen LogP contribution in [-0.2, 0) is 11.3 Å². The average Bonchev–Trinajstić information content (AvgIpc) is 2.71. The first-order chi connectivity index (χ1) is 14.1. The van der Waals surface area contributed by atoms with Gasteiger partial charge >= 0.3 is 0 Å². The Labute approximate surface area is 178 Å². The molecule has 0 amide bonds. The van der Waals surface area contributed by atoms with Gasteiger partial charge in [-0.05, 0) is 62.7 Å². The van der Waals surface area contributed by atoms with Crippen LogP contribution in [0.25, 0.3) is 10.9 Å². The van der Waals surface area contributed by atoms with E-state index in [2.05, 4.69) is 25.3 Å². The van der Waals surface area contributed by atoms with Crippen molar-refractivity contribution in [1.29, 1.82) is 0 Å². The van der Waals surface area contributed by atoms with Crippen molar-refractivity contribution in [3.8, 4) is 5.75 Å². The number of benzene rings is 2. The van der Waals surface area contributed by atoms with Crippen molar-refractivity contribution in [2.75, 3.05) is 23.1 Å². The second-order valence-electron chi connectivity index (χ2n) is 6.97. The van der Waals surface area contributed by atoms with Crippen LogP contribution in [0.15, 0.2) is 42.6 Å². The van der Waals surface area contributed by atoms with E-state index in [0.29, 0.717) is 17.3 Å². The van der Waals surface area contributed by atoms with Gasteiger partial charge in [-0.1, -0.05) is 13.5 Å². The molecule has 0 radical (unpaired) electrons. The van der Waals surface area contributed by atoms with Crippen molar-refractivity contribution >= 4 is 39.5 Å². The molecule has 0 aliphatic carbocycles. The predicted molar refractivity (Wildman–Crippen MR) is 120 cm³/mol. The fourth-order valence-corrected chi connectivity index (χ4v) is 3.67. The number of fused-ring (bicyclic) bond motifs is 1. The lowest BCUT2D eigenvalue weighted by molar-refractivity contribution is 0.162. The molecular weight excluding hydrogens is 402 g/mol. The van der Waals surface area contributed by atoms with Gasteiger partial charge in [0.1, 0.15) is 11.9 Å². The van der Waals surface area contributed by atoms with Crippen LogP contribution in [0.2, 0.25) is 0 Å². The first-order valence-corrected chi connectivity index (χ1v) is 10.5. The summed E-state index contributed by atoms with van der Waals surface area (Å²) in [6, 6.07) is 11.2. The average molecular weight is 429 g/mol. The summed E-state index contributed by atoms with van der Waals surface area (Å²) >= 11 is -2.38. The maximum atomic E-state index is 10.9. The second-order valence-corrected chi connectivity index (χ2v) is 7.65. The maximum Gasteiger partial charge on any atom is 0.227 e. The van der Waals surface area contributed by atoms with Crippen molar-refractivity contribution in [3.63, 3.8) is 0 Å². The molecule has 30 heavy (non-hydrogen) atoms. The standard InChI is InChI=1S/C20H23N5O3S.CH4/c1-13-2-4-15(10-18(13)25-29(26)27)23-20-22-12-14-3-5-17(11-19(14)24-20)28-16-6-8-21-9-7-16;/h2-5,10-12,16,21,25H,6-9H2,1H3,(H,26,27)(H,22,23,24);1H4/p-1. The maximum absolute atomic E-state index is 10.9. The lowest BCUT2D eigenvalue weighted by Crippen LogP contribution is -2.34.